The summed E-state index contributed by atoms with van der Waals surface area (Å²) in [7, 11) is 0. The van der Waals surface area contributed by atoms with Crippen molar-refractivity contribution in [1.82, 2.24) is 5.32 Å². The zero-order chi connectivity index (χ0) is 19.3. The second kappa shape index (κ2) is 8.86. The zero-order valence-electron chi connectivity index (χ0n) is 15.6. The number of carbonyl (C=O) groups is 2. The largest absolute Gasteiger partial charge is 0.340 e. The molecule has 138 valence electrons. The quantitative estimate of drug-likeness (QED) is 0.769. The molecular formula is C21H25ClN2O2. The molecule has 2 aromatic carbocycles. The van der Waals surface area contributed by atoms with E-state index in [2.05, 4.69) is 10.6 Å². The molecule has 0 heterocycles. The molecule has 2 aromatic rings. The number of nitrogens with one attached hydrogen (secondary N) is 2. The Morgan fingerprint density at radius 3 is 2.31 bits per heavy atom. The van der Waals surface area contributed by atoms with Crippen LogP contribution >= 0.6 is 11.6 Å². The van der Waals surface area contributed by atoms with Gasteiger partial charge in [0.05, 0.1) is 0 Å². The summed E-state index contributed by atoms with van der Waals surface area (Å²) in [6.07, 6.45) is 0.552. The fourth-order valence-corrected chi connectivity index (χ4v) is 2.78. The topological polar surface area (TPSA) is 58.2 Å². The molecule has 2 N–H and O–H groups in total. The average Bonchev–Trinajstić information content (AvgIpc) is 2.58. The van der Waals surface area contributed by atoms with Crippen LogP contribution < -0.4 is 10.6 Å². The standard InChI is InChI=1S/C21H25ClN2O2/c1-13(2)12-19(24-20(25)16-8-10-17(22)11-9-16)21(26)23-18-7-5-6-14(3)15(18)4/h5-11,13,19H,12H2,1-4H3,(H,23,26)(H,24,25)/t19-/m1/s1. The van der Waals surface area contributed by atoms with Gasteiger partial charge in [-0.1, -0.05) is 37.6 Å². The molecule has 4 nitrogen and oxygen atoms in total. The van der Waals surface area contributed by atoms with Gasteiger partial charge in [0.2, 0.25) is 5.91 Å². The van der Waals surface area contributed by atoms with E-state index in [1.165, 1.54) is 0 Å². The third kappa shape index (κ3) is 5.33. The van der Waals surface area contributed by atoms with Gasteiger partial charge >= 0.3 is 0 Å². The van der Waals surface area contributed by atoms with E-state index in [-0.39, 0.29) is 17.7 Å². The molecule has 0 radical (unpaired) electrons. The van der Waals surface area contributed by atoms with Gasteiger partial charge in [-0.15, -0.1) is 0 Å². The van der Waals surface area contributed by atoms with Crippen LogP contribution in [0.25, 0.3) is 0 Å². The number of carbonyl (C=O) groups excluding carboxylic acids is 2. The second-order valence-corrected chi connectivity index (χ2v) is 7.34. The monoisotopic (exact) mass is 372 g/mol. The van der Waals surface area contributed by atoms with Crippen molar-refractivity contribution < 1.29 is 9.59 Å². The van der Waals surface area contributed by atoms with Crippen LogP contribution in [0.1, 0.15) is 41.8 Å². The Hall–Kier alpha value is -2.33. The summed E-state index contributed by atoms with van der Waals surface area (Å²) in [5.74, 6) is -0.243. The first-order chi connectivity index (χ1) is 12.3. The van der Waals surface area contributed by atoms with Crippen molar-refractivity contribution in [2.75, 3.05) is 5.32 Å². The van der Waals surface area contributed by atoms with Crippen LogP contribution in [0.2, 0.25) is 5.02 Å². The van der Waals surface area contributed by atoms with E-state index in [1.807, 2.05) is 45.9 Å². The first-order valence-corrected chi connectivity index (χ1v) is 9.09. The van der Waals surface area contributed by atoms with Gasteiger partial charge in [0.15, 0.2) is 0 Å². The zero-order valence-corrected chi connectivity index (χ0v) is 16.4. The average molecular weight is 373 g/mol. The molecule has 5 heteroatoms. The molecular weight excluding hydrogens is 348 g/mol. The molecule has 1 atom stereocenters. The number of anilines is 1. The van der Waals surface area contributed by atoms with Crippen molar-refractivity contribution in [2.24, 2.45) is 5.92 Å². The van der Waals surface area contributed by atoms with Crippen LogP contribution in [0.5, 0.6) is 0 Å². The Balaban J connectivity index is 2.15. The van der Waals surface area contributed by atoms with E-state index < -0.39 is 6.04 Å². The highest BCUT2D eigenvalue weighted by Gasteiger charge is 2.23. The molecule has 2 rings (SSSR count). The Morgan fingerprint density at radius 1 is 1.04 bits per heavy atom. The first-order valence-electron chi connectivity index (χ1n) is 8.71. The fourth-order valence-electron chi connectivity index (χ4n) is 2.65. The molecule has 0 bridgehead atoms. The number of aryl methyl sites for hydroxylation is 1. The normalized spacial score (nSPS) is 11.9. The molecule has 0 saturated carbocycles. The van der Waals surface area contributed by atoms with Crippen molar-refractivity contribution in [2.45, 2.75) is 40.2 Å². The maximum atomic E-state index is 12.8. The lowest BCUT2D eigenvalue weighted by Crippen LogP contribution is -2.44. The van der Waals surface area contributed by atoms with Gasteiger partial charge in [0.1, 0.15) is 6.04 Å². The van der Waals surface area contributed by atoms with Crippen LogP contribution in [0.4, 0.5) is 5.69 Å². The number of benzene rings is 2. The van der Waals surface area contributed by atoms with Crippen molar-refractivity contribution in [3.05, 3.63) is 64.2 Å². The van der Waals surface area contributed by atoms with E-state index >= 15 is 0 Å². The lowest BCUT2D eigenvalue weighted by atomic mass is 10.0. The molecule has 0 saturated heterocycles. The molecule has 26 heavy (non-hydrogen) atoms. The smallest absolute Gasteiger partial charge is 0.251 e. The van der Waals surface area contributed by atoms with Crippen LogP contribution in [-0.2, 0) is 4.79 Å². The molecule has 0 aliphatic carbocycles. The fraction of sp³-hybridized carbons (Fsp3) is 0.333. The molecule has 2 amide bonds. The number of halogens is 1. The predicted molar refractivity (Wildman–Crippen MR) is 107 cm³/mol. The van der Waals surface area contributed by atoms with Crippen LogP contribution in [0, 0.1) is 19.8 Å². The summed E-state index contributed by atoms with van der Waals surface area (Å²) >= 11 is 5.86. The minimum absolute atomic E-state index is 0.213. The number of hydrogen-bond donors (Lipinski definition) is 2. The molecule has 0 unspecified atom stereocenters. The predicted octanol–water partition coefficient (Wildman–Crippen LogP) is 4.74. The van der Waals surface area contributed by atoms with Crippen LogP contribution in [-0.4, -0.2) is 17.9 Å². The third-order valence-corrected chi connectivity index (χ3v) is 4.55. The van der Waals surface area contributed by atoms with Gasteiger partial charge in [-0.3, -0.25) is 9.59 Å². The Bertz CT molecular complexity index is 785. The molecule has 0 fully saturated rings. The summed E-state index contributed by atoms with van der Waals surface area (Å²) in [6, 6.07) is 11.8. The number of rotatable bonds is 6. The Labute approximate surface area is 159 Å². The maximum absolute atomic E-state index is 12.8. The van der Waals surface area contributed by atoms with Crippen molar-refractivity contribution >= 4 is 29.1 Å². The van der Waals surface area contributed by atoms with Crippen molar-refractivity contribution in [1.29, 1.82) is 0 Å². The van der Waals surface area contributed by atoms with Gasteiger partial charge in [0, 0.05) is 16.3 Å². The van der Waals surface area contributed by atoms with E-state index in [9.17, 15) is 9.59 Å². The van der Waals surface area contributed by atoms with Gasteiger partial charge in [-0.2, -0.15) is 0 Å². The first kappa shape index (κ1) is 20.0. The lowest BCUT2D eigenvalue weighted by molar-refractivity contribution is -0.118. The van der Waals surface area contributed by atoms with Gasteiger partial charge in [-0.05, 0) is 67.6 Å². The molecule has 0 aliphatic rings. The Morgan fingerprint density at radius 2 is 1.69 bits per heavy atom. The van der Waals surface area contributed by atoms with E-state index in [4.69, 9.17) is 11.6 Å². The number of amides is 2. The van der Waals surface area contributed by atoms with Crippen LogP contribution in [0.15, 0.2) is 42.5 Å². The molecule has 0 aliphatic heterocycles. The summed E-state index contributed by atoms with van der Waals surface area (Å²) in [5.41, 5.74) is 3.37. The van der Waals surface area contributed by atoms with Crippen molar-refractivity contribution in [3.63, 3.8) is 0 Å². The van der Waals surface area contributed by atoms with Gasteiger partial charge in [0.25, 0.3) is 5.91 Å². The summed E-state index contributed by atoms with van der Waals surface area (Å²) in [5, 5.41) is 6.35. The van der Waals surface area contributed by atoms with Gasteiger partial charge in [-0.25, -0.2) is 0 Å². The minimum atomic E-state index is -0.613. The Kier molecular flexibility index (Phi) is 6.81. The number of hydrogen-bond acceptors (Lipinski definition) is 2. The second-order valence-electron chi connectivity index (χ2n) is 6.90. The lowest BCUT2D eigenvalue weighted by Gasteiger charge is -2.21. The maximum Gasteiger partial charge on any atom is 0.251 e. The van der Waals surface area contributed by atoms with E-state index in [1.54, 1.807) is 24.3 Å². The highest BCUT2D eigenvalue weighted by Crippen LogP contribution is 2.19. The molecule has 0 aromatic heterocycles. The summed E-state index contributed by atoms with van der Waals surface area (Å²) < 4.78 is 0. The van der Waals surface area contributed by atoms with E-state index in [0.717, 1.165) is 16.8 Å². The SMILES string of the molecule is Cc1cccc(NC(=O)[C@@H](CC(C)C)NC(=O)c2ccc(Cl)cc2)c1C. The van der Waals surface area contributed by atoms with Crippen molar-refractivity contribution in [3.8, 4) is 0 Å². The van der Waals surface area contributed by atoms with E-state index in [0.29, 0.717) is 17.0 Å². The minimum Gasteiger partial charge on any atom is -0.340 e. The summed E-state index contributed by atoms with van der Waals surface area (Å²) in [6.45, 7) is 8.01. The summed E-state index contributed by atoms with van der Waals surface area (Å²) in [4.78, 5) is 25.3. The van der Waals surface area contributed by atoms with Gasteiger partial charge < -0.3 is 10.6 Å². The highest BCUT2D eigenvalue weighted by atomic mass is 35.5. The highest BCUT2D eigenvalue weighted by molar-refractivity contribution is 6.30. The molecule has 0 spiro atoms. The van der Waals surface area contributed by atoms with Crippen LogP contribution in [0.3, 0.4) is 0 Å². The third-order valence-electron chi connectivity index (χ3n) is 4.30.